The van der Waals surface area contributed by atoms with E-state index >= 15 is 0 Å². The molecule has 0 saturated carbocycles. The Bertz CT molecular complexity index is 366. The second kappa shape index (κ2) is 5.01. The molecule has 14 heavy (non-hydrogen) atoms. The van der Waals surface area contributed by atoms with Gasteiger partial charge in [-0.1, -0.05) is 11.6 Å². The Kier molecular flexibility index (Phi) is 4.23. The number of carbonyl (C=O) groups excluding carboxylic acids is 1. The molecular formula is C9H7BrCl2O2. The molecule has 0 amide bonds. The number of rotatable bonds is 3. The molecule has 2 nitrogen and oxygen atoms in total. The topological polar surface area (TPSA) is 26.3 Å². The van der Waals surface area contributed by atoms with Crippen LogP contribution in [-0.4, -0.2) is 18.8 Å². The average molecular weight is 298 g/mol. The highest BCUT2D eigenvalue weighted by molar-refractivity contribution is 9.10. The minimum absolute atomic E-state index is 0.0928. The monoisotopic (exact) mass is 296 g/mol. The zero-order chi connectivity index (χ0) is 10.7. The lowest BCUT2D eigenvalue weighted by Crippen LogP contribution is -2.02. The Morgan fingerprint density at radius 3 is 2.71 bits per heavy atom. The molecule has 0 aliphatic carbocycles. The van der Waals surface area contributed by atoms with Crippen LogP contribution in [0.1, 0.15) is 10.4 Å². The molecular weight excluding hydrogens is 291 g/mol. The van der Waals surface area contributed by atoms with Crippen molar-refractivity contribution in [3.8, 4) is 5.75 Å². The van der Waals surface area contributed by atoms with Crippen molar-refractivity contribution in [2.45, 2.75) is 0 Å². The first-order chi connectivity index (χ1) is 6.61. The predicted molar refractivity (Wildman–Crippen MR) is 60.8 cm³/mol. The van der Waals surface area contributed by atoms with Gasteiger partial charge in [-0.25, -0.2) is 0 Å². The lowest BCUT2D eigenvalue weighted by Gasteiger charge is -2.08. The lowest BCUT2D eigenvalue weighted by atomic mass is 10.1. The summed E-state index contributed by atoms with van der Waals surface area (Å²) in [5.74, 6) is 0.134. The minimum atomic E-state index is -0.220. The number of ketones is 1. The summed E-state index contributed by atoms with van der Waals surface area (Å²) in [4.78, 5) is 11.3. The maximum absolute atomic E-state index is 11.3. The van der Waals surface area contributed by atoms with Gasteiger partial charge in [-0.05, 0) is 28.1 Å². The molecule has 0 aliphatic heterocycles. The Morgan fingerprint density at radius 2 is 2.21 bits per heavy atom. The summed E-state index contributed by atoms with van der Waals surface area (Å²) >= 11 is 14.6. The van der Waals surface area contributed by atoms with E-state index in [9.17, 15) is 4.79 Å². The Hall–Kier alpha value is -0.250. The van der Waals surface area contributed by atoms with Crippen LogP contribution < -0.4 is 4.74 Å². The van der Waals surface area contributed by atoms with Crippen molar-refractivity contribution in [1.29, 1.82) is 0 Å². The number of ether oxygens (including phenoxy) is 1. The van der Waals surface area contributed by atoms with Gasteiger partial charge in [0, 0.05) is 5.56 Å². The van der Waals surface area contributed by atoms with E-state index in [4.69, 9.17) is 27.9 Å². The van der Waals surface area contributed by atoms with Crippen molar-refractivity contribution in [1.82, 2.24) is 0 Å². The maximum atomic E-state index is 11.3. The van der Waals surface area contributed by atoms with Gasteiger partial charge in [-0.3, -0.25) is 4.79 Å². The van der Waals surface area contributed by atoms with Crippen LogP contribution in [0.2, 0.25) is 5.02 Å². The van der Waals surface area contributed by atoms with E-state index in [0.717, 1.165) is 0 Å². The molecule has 0 spiro atoms. The Labute approximate surface area is 100 Å². The molecule has 0 radical (unpaired) electrons. The number of benzene rings is 1. The fourth-order valence-electron chi connectivity index (χ4n) is 1.01. The standard InChI is InChI=1S/C9H7BrCl2O2/c1-14-9-6(10)3-2-5(8(9)12)7(13)4-11/h2-3H,4H2,1H3. The van der Waals surface area contributed by atoms with E-state index in [-0.39, 0.29) is 16.7 Å². The summed E-state index contributed by atoms with van der Waals surface area (Å²) in [6.07, 6.45) is 0. The molecule has 1 aromatic carbocycles. The van der Waals surface area contributed by atoms with Gasteiger partial charge in [0.1, 0.15) is 0 Å². The van der Waals surface area contributed by atoms with E-state index in [1.54, 1.807) is 12.1 Å². The fraction of sp³-hybridized carbons (Fsp3) is 0.222. The Balaban J connectivity index is 3.28. The number of halogens is 3. The smallest absolute Gasteiger partial charge is 0.179 e. The minimum Gasteiger partial charge on any atom is -0.494 e. The molecule has 0 aromatic heterocycles. The third kappa shape index (κ3) is 2.22. The van der Waals surface area contributed by atoms with Crippen molar-refractivity contribution >= 4 is 44.9 Å². The van der Waals surface area contributed by atoms with Gasteiger partial charge in [-0.2, -0.15) is 0 Å². The van der Waals surface area contributed by atoms with Crippen LogP contribution in [0, 0.1) is 0 Å². The molecule has 0 saturated heterocycles. The molecule has 0 unspecified atom stereocenters. The summed E-state index contributed by atoms with van der Waals surface area (Å²) in [5.41, 5.74) is 0.377. The second-order valence-electron chi connectivity index (χ2n) is 2.50. The van der Waals surface area contributed by atoms with Gasteiger partial charge in [0.2, 0.25) is 0 Å². The van der Waals surface area contributed by atoms with Crippen LogP contribution in [0.4, 0.5) is 0 Å². The lowest BCUT2D eigenvalue weighted by molar-refractivity contribution is 0.102. The van der Waals surface area contributed by atoms with E-state index in [2.05, 4.69) is 15.9 Å². The SMILES string of the molecule is COc1c(Br)ccc(C(=O)CCl)c1Cl. The highest BCUT2D eigenvalue weighted by Gasteiger charge is 2.15. The van der Waals surface area contributed by atoms with Crippen LogP contribution in [0.15, 0.2) is 16.6 Å². The number of carbonyl (C=O) groups is 1. The van der Waals surface area contributed by atoms with E-state index < -0.39 is 0 Å². The highest BCUT2D eigenvalue weighted by atomic mass is 79.9. The van der Waals surface area contributed by atoms with Crippen LogP contribution in [0.3, 0.4) is 0 Å². The van der Waals surface area contributed by atoms with Crippen molar-refractivity contribution in [3.63, 3.8) is 0 Å². The fourth-order valence-corrected chi connectivity index (χ4v) is 2.10. The number of hydrogen-bond donors (Lipinski definition) is 0. The molecule has 5 heteroatoms. The summed E-state index contributed by atoms with van der Waals surface area (Å²) in [6.45, 7) is 0. The first-order valence-electron chi connectivity index (χ1n) is 3.73. The average Bonchev–Trinajstić information content (AvgIpc) is 2.18. The van der Waals surface area contributed by atoms with Gasteiger partial charge in [0.15, 0.2) is 11.5 Å². The quantitative estimate of drug-likeness (QED) is 0.630. The second-order valence-corrected chi connectivity index (χ2v) is 4.00. The molecule has 0 bridgehead atoms. The largest absolute Gasteiger partial charge is 0.494 e. The highest BCUT2D eigenvalue weighted by Crippen LogP contribution is 2.35. The molecule has 0 heterocycles. The number of methoxy groups -OCH3 is 1. The molecule has 1 aromatic rings. The molecule has 0 N–H and O–H groups in total. The normalized spacial score (nSPS) is 10.0. The molecule has 76 valence electrons. The molecule has 0 fully saturated rings. The van der Waals surface area contributed by atoms with Crippen LogP contribution in [-0.2, 0) is 0 Å². The van der Waals surface area contributed by atoms with Gasteiger partial charge < -0.3 is 4.74 Å². The first-order valence-corrected chi connectivity index (χ1v) is 5.43. The van der Waals surface area contributed by atoms with Crippen molar-refractivity contribution in [2.24, 2.45) is 0 Å². The predicted octanol–water partition coefficient (Wildman–Crippen LogP) is 3.53. The summed E-state index contributed by atoms with van der Waals surface area (Å²) in [7, 11) is 1.49. The summed E-state index contributed by atoms with van der Waals surface area (Å²) in [6, 6.07) is 3.31. The maximum Gasteiger partial charge on any atom is 0.179 e. The van der Waals surface area contributed by atoms with Crippen LogP contribution in [0.5, 0.6) is 5.75 Å². The van der Waals surface area contributed by atoms with E-state index in [0.29, 0.717) is 15.8 Å². The third-order valence-corrected chi connectivity index (χ3v) is 2.92. The van der Waals surface area contributed by atoms with Crippen molar-refractivity contribution in [3.05, 3.63) is 27.2 Å². The van der Waals surface area contributed by atoms with Gasteiger partial charge in [0.25, 0.3) is 0 Å². The van der Waals surface area contributed by atoms with Crippen LogP contribution in [0.25, 0.3) is 0 Å². The van der Waals surface area contributed by atoms with Crippen LogP contribution >= 0.6 is 39.1 Å². The van der Waals surface area contributed by atoms with E-state index in [1.807, 2.05) is 0 Å². The van der Waals surface area contributed by atoms with Gasteiger partial charge >= 0.3 is 0 Å². The molecule has 0 atom stereocenters. The first kappa shape index (κ1) is 11.8. The van der Waals surface area contributed by atoms with Crippen molar-refractivity contribution in [2.75, 3.05) is 13.0 Å². The molecule has 1 rings (SSSR count). The number of alkyl halides is 1. The molecule has 0 aliphatic rings. The van der Waals surface area contributed by atoms with Crippen molar-refractivity contribution < 1.29 is 9.53 Å². The summed E-state index contributed by atoms with van der Waals surface area (Å²) < 4.78 is 5.74. The number of hydrogen-bond acceptors (Lipinski definition) is 2. The van der Waals surface area contributed by atoms with Gasteiger partial charge in [0.05, 0.1) is 22.5 Å². The third-order valence-electron chi connectivity index (χ3n) is 1.67. The zero-order valence-electron chi connectivity index (χ0n) is 7.31. The number of Topliss-reactive ketones (excluding diaryl/α,β-unsaturated/α-hetero) is 1. The Morgan fingerprint density at radius 1 is 1.57 bits per heavy atom. The van der Waals surface area contributed by atoms with E-state index in [1.165, 1.54) is 7.11 Å². The van der Waals surface area contributed by atoms with Gasteiger partial charge in [-0.15, -0.1) is 11.6 Å². The zero-order valence-corrected chi connectivity index (χ0v) is 10.4. The summed E-state index contributed by atoms with van der Waals surface area (Å²) in [5, 5.41) is 0.285.